The number of nitrogens with two attached hydrogens (primary N) is 2. The molecule has 1 rings (SSSR count). The van der Waals surface area contributed by atoms with Gasteiger partial charge in [-0.2, -0.15) is 5.90 Å². The average Bonchev–Trinajstić information content (AvgIpc) is 2.17. The number of hydrogen-bond acceptors (Lipinski definition) is 4. The number of primary amides is 1. The van der Waals surface area contributed by atoms with Crippen molar-refractivity contribution in [3.63, 3.8) is 0 Å². The van der Waals surface area contributed by atoms with Gasteiger partial charge in [0.25, 0.3) is 0 Å². The van der Waals surface area contributed by atoms with Gasteiger partial charge in [-0.25, -0.2) is 0 Å². The number of amides is 1. The fourth-order valence-electron chi connectivity index (χ4n) is 0.980. The first kappa shape index (κ1) is 10.2. The van der Waals surface area contributed by atoms with Gasteiger partial charge in [-0.1, -0.05) is 0 Å². The predicted molar refractivity (Wildman–Crippen MR) is 49.4 cm³/mol. The number of rotatable bonds is 4. The van der Waals surface area contributed by atoms with Crippen LogP contribution in [0.2, 0.25) is 0 Å². The van der Waals surface area contributed by atoms with Gasteiger partial charge < -0.3 is 10.6 Å². The highest BCUT2D eigenvalue weighted by molar-refractivity contribution is 6.06. The van der Waals surface area contributed by atoms with Crippen LogP contribution in [0.15, 0.2) is 24.3 Å². The lowest BCUT2D eigenvalue weighted by atomic mass is 10.1. The monoisotopic (exact) mass is 194 g/mol. The smallest absolute Gasteiger partial charge is 0.225 e. The third-order valence-corrected chi connectivity index (χ3v) is 1.65. The molecular weight excluding hydrogens is 184 g/mol. The van der Waals surface area contributed by atoms with Crippen molar-refractivity contribution in [3.8, 4) is 5.75 Å². The molecule has 0 spiro atoms. The second-order valence-corrected chi connectivity index (χ2v) is 2.71. The highest BCUT2D eigenvalue weighted by Crippen LogP contribution is 2.11. The maximum absolute atomic E-state index is 11.3. The zero-order chi connectivity index (χ0) is 10.6. The zero-order valence-electron chi connectivity index (χ0n) is 7.40. The van der Waals surface area contributed by atoms with Gasteiger partial charge >= 0.3 is 0 Å². The van der Waals surface area contributed by atoms with E-state index in [1.165, 1.54) is 24.3 Å². The van der Waals surface area contributed by atoms with E-state index in [-0.39, 0.29) is 12.2 Å². The summed E-state index contributed by atoms with van der Waals surface area (Å²) in [5.74, 6) is 4.38. The molecule has 0 aliphatic rings. The van der Waals surface area contributed by atoms with Gasteiger partial charge in [-0.15, -0.1) is 0 Å². The van der Waals surface area contributed by atoms with Crippen molar-refractivity contribution in [2.45, 2.75) is 6.42 Å². The fourth-order valence-corrected chi connectivity index (χ4v) is 0.980. The van der Waals surface area contributed by atoms with E-state index in [0.717, 1.165) is 0 Å². The number of ketones is 1. The molecule has 0 saturated heterocycles. The summed E-state index contributed by atoms with van der Waals surface area (Å²) >= 11 is 0. The van der Waals surface area contributed by atoms with Crippen LogP contribution in [0.4, 0.5) is 0 Å². The molecule has 1 aromatic rings. The minimum absolute atomic E-state index is 0.289. The molecule has 5 nitrogen and oxygen atoms in total. The Bertz CT molecular complexity index is 346. The third-order valence-electron chi connectivity index (χ3n) is 1.65. The van der Waals surface area contributed by atoms with Crippen LogP contribution in [0.1, 0.15) is 16.8 Å². The van der Waals surface area contributed by atoms with Gasteiger partial charge in [0, 0.05) is 5.56 Å². The molecule has 0 heterocycles. The van der Waals surface area contributed by atoms with Gasteiger partial charge in [0.1, 0.15) is 5.75 Å². The van der Waals surface area contributed by atoms with Gasteiger partial charge in [-0.3, -0.25) is 9.59 Å². The number of hydrogen-bond donors (Lipinski definition) is 2. The molecule has 14 heavy (non-hydrogen) atoms. The lowest BCUT2D eigenvalue weighted by Crippen LogP contribution is -2.16. The van der Waals surface area contributed by atoms with Crippen molar-refractivity contribution in [1.82, 2.24) is 0 Å². The molecule has 0 saturated carbocycles. The van der Waals surface area contributed by atoms with Gasteiger partial charge in [-0.05, 0) is 24.3 Å². The zero-order valence-corrected chi connectivity index (χ0v) is 7.40. The Morgan fingerprint density at radius 1 is 1.21 bits per heavy atom. The van der Waals surface area contributed by atoms with Crippen LogP contribution in [-0.4, -0.2) is 11.7 Å². The topological polar surface area (TPSA) is 95.4 Å². The number of Topliss-reactive ketones (excluding diaryl/α,β-unsaturated/α-hetero) is 1. The van der Waals surface area contributed by atoms with E-state index in [4.69, 9.17) is 11.6 Å². The summed E-state index contributed by atoms with van der Waals surface area (Å²) in [5.41, 5.74) is 5.29. The molecule has 0 aliphatic carbocycles. The summed E-state index contributed by atoms with van der Waals surface area (Å²) in [4.78, 5) is 26.2. The van der Waals surface area contributed by atoms with Crippen LogP contribution >= 0.6 is 0 Å². The standard InChI is InChI=1S/C9H10N2O3/c10-9(13)5-8(12)6-1-3-7(14-11)4-2-6/h1-4H,5,11H2,(H2,10,13). The average molecular weight is 194 g/mol. The predicted octanol–water partition coefficient (Wildman–Crippen LogP) is -0.00280. The van der Waals surface area contributed by atoms with Crippen molar-refractivity contribution < 1.29 is 14.4 Å². The lowest BCUT2D eigenvalue weighted by molar-refractivity contribution is -0.117. The van der Waals surface area contributed by atoms with Crippen molar-refractivity contribution in [2.75, 3.05) is 0 Å². The molecule has 0 radical (unpaired) electrons. The van der Waals surface area contributed by atoms with Crippen LogP contribution in [0, 0.1) is 0 Å². The Balaban J connectivity index is 2.76. The normalized spacial score (nSPS) is 9.50. The maximum atomic E-state index is 11.3. The molecule has 0 atom stereocenters. The van der Waals surface area contributed by atoms with Crippen LogP contribution in [0.25, 0.3) is 0 Å². The Morgan fingerprint density at radius 2 is 1.79 bits per heavy atom. The van der Waals surface area contributed by atoms with Crippen molar-refractivity contribution in [3.05, 3.63) is 29.8 Å². The minimum Gasteiger partial charge on any atom is -0.412 e. The summed E-state index contributed by atoms with van der Waals surface area (Å²) < 4.78 is 0. The van der Waals surface area contributed by atoms with Crippen LogP contribution < -0.4 is 16.5 Å². The largest absolute Gasteiger partial charge is 0.412 e. The molecule has 1 aromatic carbocycles. The van der Waals surface area contributed by atoms with Crippen LogP contribution in [0.5, 0.6) is 5.75 Å². The third kappa shape index (κ3) is 2.56. The SMILES string of the molecule is NOc1ccc(C(=O)CC(N)=O)cc1. The van der Waals surface area contributed by atoms with E-state index >= 15 is 0 Å². The molecule has 0 unspecified atom stereocenters. The summed E-state index contributed by atoms with van der Waals surface area (Å²) in [6.45, 7) is 0. The van der Waals surface area contributed by atoms with E-state index in [2.05, 4.69) is 4.84 Å². The van der Waals surface area contributed by atoms with E-state index in [1.807, 2.05) is 0 Å². The van der Waals surface area contributed by atoms with E-state index < -0.39 is 5.91 Å². The summed E-state index contributed by atoms with van der Waals surface area (Å²) in [7, 11) is 0. The van der Waals surface area contributed by atoms with Gasteiger partial charge in [0.15, 0.2) is 5.78 Å². The second-order valence-electron chi connectivity index (χ2n) is 2.71. The minimum atomic E-state index is -0.644. The lowest BCUT2D eigenvalue weighted by Gasteiger charge is -2.00. The molecule has 0 aromatic heterocycles. The van der Waals surface area contributed by atoms with E-state index in [0.29, 0.717) is 11.3 Å². The first-order valence-corrected chi connectivity index (χ1v) is 3.92. The van der Waals surface area contributed by atoms with Crippen molar-refractivity contribution in [2.24, 2.45) is 11.6 Å². The number of benzene rings is 1. The Hall–Kier alpha value is -1.88. The highest BCUT2D eigenvalue weighted by atomic mass is 16.6. The molecule has 74 valence electrons. The molecular formula is C9H10N2O3. The maximum Gasteiger partial charge on any atom is 0.225 e. The van der Waals surface area contributed by atoms with Gasteiger partial charge in [0.05, 0.1) is 6.42 Å². The fraction of sp³-hybridized carbons (Fsp3) is 0.111. The van der Waals surface area contributed by atoms with Crippen LogP contribution in [-0.2, 0) is 4.79 Å². The summed E-state index contributed by atoms with van der Waals surface area (Å²) in [6, 6.07) is 6.11. The Morgan fingerprint density at radius 3 is 2.21 bits per heavy atom. The Labute approximate surface area is 80.6 Å². The van der Waals surface area contributed by atoms with E-state index in [1.54, 1.807) is 0 Å². The highest BCUT2D eigenvalue weighted by Gasteiger charge is 2.08. The van der Waals surface area contributed by atoms with E-state index in [9.17, 15) is 9.59 Å². The summed E-state index contributed by atoms with van der Waals surface area (Å²) in [5, 5.41) is 0. The number of carbonyl (C=O) groups excluding carboxylic acids is 2. The molecule has 0 aliphatic heterocycles. The van der Waals surface area contributed by atoms with Crippen LogP contribution in [0.3, 0.4) is 0 Å². The van der Waals surface area contributed by atoms with Crippen molar-refractivity contribution in [1.29, 1.82) is 0 Å². The first-order valence-electron chi connectivity index (χ1n) is 3.92. The molecule has 5 heteroatoms. The Kier molecular flexibility index (Phi) is 3.19. The van der Waals surface area contributed by atoms with Crippen molar-refractivity contribution >= 4 is 11.7 Å². The molecule has 4 N–H and O–H groups in total. The molecule has 1 amide bonds. The second kappa shape index (κ2) is 4.38. The first-order chi connectivity index (χ1) is 6.63. The molecule has 0 bridgehead atoms. The van der Waals surface area contributed by atoms with Gasteiger partial charge in [0.2, 0.25) is 5.91 Å². The quantitative estimate of drug-likeness (QED) is 0.400. The summed E-state index contributed by atoms with van der Waals surface area (Å²) in [6.07, 6.45) is -0.289. The number of carbonyl (C=O) groups is 2. The molecule has 0 fully saturated rings.